The summed E-state index contributed by atoms with van der Waals surface area (Å²) in [6, 6.07) is 10.7. The zero-order chi connectivity index (χ0) is 15.7. The van der Waals surface area contributed by atoms with Gasteiger partial charge in [0, 0.05) is 0 Å². The van der Waals surface area contributed by atoms with Gasteiger partial charge in [-0.25, -0.2) is 0 Å². The van der Waals surface area contributed by atoms with E-state index in [2.05, 4.69) is 82.6 Å². The van der Waals surface area contributed by atoms with Crippen LogP contribution in [0.15, 0.2) is 48.0 Å². The highest BCUT2D eigenvalue weighted by Gasteiger charge is 2.28. The Hall–Kier alpha value is -0.853. The molecule has 0 N–H and O–H groups in total. The van der Waals surface area contributed by atoms with Crippen LogP contribution in [0.3, 0.4) is 0 Å². The molecule has 0 aliphatic carbocycles. The van der Waals surface area contributed by atoms with Gasteiger partial charge in [-0.1, -0.05) is 59.0 Å². The van der Waals surface area contributed by atoms with Gasteiger partial charge in [-0.05, 0) is 54.0 Å². The third-order valence-corrected chi connectivity index (χ3v) is 7.19. The van der Waals surface area contributed by atoms with Crippen molar-refractivity contribution in [3.63, 3.8) is 0 Å². The molecule has 0 fully saturated rings. The van der Waals surface area contributed by atoms with Crippen molar-refractivity contribution in [2.24, 2.45) is 0 Å². The molecule has 21 heavy (non-hydrogen) atoms. The van der Waals surface area contributed by atoms with Crippen LogP contribution in [0, 0.1) is 0 Å². The van der Waals surface area contributed by atoms with Crippen molar-refractivity contribution in [2.45, 2.75) is 45.6 Å². The summed E-state index contributed by atoms with van der Waals surface area (Å²) in [4.78, 5) is 0. The molecule has 0 radical (unpaired) electrons. The van der Waals surface area contributed by atoms with Gasteiger partial charge in [0.15, 0.2) is 0 Å². The van der Waals surface area contributed by atoms with Crippen LogP contribution in [-0.4, -0.2) is 19.6 Å². The molecule has 1 aliphatic rings. The second-order valence-corrected chi connectivity index (χ2v) is 14.9. The van der Waals surface area contributed by atoms with Crippen molar-refractivity contribution in [3.05, 3.63) is 53.5 Å². The van der Waals surface area contributed by atoms with Gasteiger partial charge < -0.3 is 4.43 Å². The predicted molar refractivity (Wildman–Crippen MR) is 98.5 cm³/mol. The van der Waals surface area contributed by atoms with Crippen molar-refractivity contribution >= 4 is 21.8 Å². The first-order valence-corrected chi connectivity index (χ1v) is 12.6. The second kappa shape index (κ2) is 6.10. The lowest BCUT2D eigenvalue weighted by Crippen LogP contribution is -2.25. The third-order valence-electron chi connectivity index (χ3n) is 3.37. The molecule has 3 heteroatoms. The Morgan fingerprint density at radius 3 is 2.19 bits per heavy atom. The highest BCUT2D eigenvalue weighted by Crippen LogP contribution is 2.56. The smallest absolute Gasteiger partial charge is 0.242 e. The summed E-state index contributed by atoms with van der Waals surface area (Å²) in [5, 5.41) is 0.317. The van der Waals surface area contributed by atoms with Crippen molar-refractivity contribution in [1.82, 2.24) is 0 Å². The van der Waals surface area contributed by atoms with E-state index in [1.807, 2.05) is 0 Å². The summed E-state index contributed by atoms with van der Waals surface area (Å²) in [5.41, 5.74) is 2.76. The van der Waals surface area contributed by atoms with Crippen LogP contribution < -0.4 is 0 Å². The fourth-order valence-electron chi connectivity index (χ4n) is 2.30. The summed E-state index contributed by atoms with van der Waals surface area (Å²) in [6.45, 7) is 13.8. The van der Waals surface area contributed by atoms with Crippen molar-refractivity contribution in [3.8, 4) is 0 Å². The fraction of sp³-hybridized carbons (Fsp3) is 0.444. The molecule has 1 atom stereocenters. The summed E-state index contributed by atoms with van der Waals surface area (Å²) in [5.74, 6) is 3.50. The van der Waals surface area contributed by atoms with Crippen LogP contribution in [0.2, 0.25) is 19.6 Å². The van der Waals surface area contributed by atoms with Crippen LogP contribution in [-0.2, 0) is 4.43 Å². The zero-order valence-corrected chi connectivity index (χ0v) is 16.0. The monoisotopic (exact) mass is 318 g/mol. The quantitative estimate of drug-likeness (QED) is 0.486. The molecule has 0 saturated heterocycles. The van der Waals surface area contributed by atoms with Crippen LogP contribution in [0.1, 0.15) is 26.3 Å². The first-order valence-electron chi connectivity index (χ1n) is 7.59. The largest absolute Gasteiger partial charge is 0.544 e. The Bertz CT molecular complexity index is 547. The molecule has 114 valence electrons. The molecule has 2 rings (SSSR count). The lowest BCUT2D eigenvalue weighted by Gasteiger charge is -2.34. The van der Waals surface area contributed by atoms with E-state index in [0.717, 1.165) is 11.9 Å². The summed E-state index contributed by atoms with van der Waals surface area (Å²) < 4.78 is 6.30. The Balaban J connectivity index is 2.36. The summed E-state index contributed by atoms with van der Waals surface area (Å²) in [7, 11) is -1.77. The topological polar surface area (TPSA) is 9.23 Å². The standard InChI is InChI=1S/C18H27OPSi/c1-18(2,3)20-13-16(15-10-8-7-9-11-15)12-17(14-20)19-21(4,5)6/h7-12,14H,13H2,1-6H3. The maximum absolute atomic E-state index is 6.30. The van der Waals surface area contributed by atoms with E-state index < -0.39 is 8.32 Å². The minimum absolute atomic E-state index is 0.201. The van der Waals surface area contributed by atoms with E-state index in [9.17, 15) is 0 Å². The first-order chi connectivity index (χ1) is 9.65. The van der Waals surface area contributed by atoms with Crippen molar-refractivity contribution < 1.29 is 4.43 Å². The number of rotatable bonds is 3. The SMILES string of the molecule is CC(C)(C)P1C=C(O[Si](C)(C)C)C=C(c2ccccc2)C1. The third kappa shape index (κ3) is 4.83. The van der Waals surface area contributed by atoms with E-state index >= 15 is 0 Å². The van der Waals surface area contributed by atoms with Gasteiger partial charge in [0.1, 0.15) is 5.76 Å². The maximum atomic E-state index is 6.30. The van der Waals surface area contributed by atoms with Gasteiger partial charge in [-0.3, -0.25) is 0 Å². The molecule has 1 aliphatic heterocycles. The number of allylic oxidation sites excluding steroid dienone is 2. The van der Waals surface area contributed by atoms with Gasteiger partial charge in [-0.2, -0.15) is 0 Å². The van der Waals surface area contributed by atoms with E-state index in [1.165, 1.54) is 11.1 Å². The Morgan fingerprint density at radius 1 is 1.05 bits per heavy atom. The van der Waals surface area contributed by atoms with Crippen LogP contribution >= 0.6 is 7.92 Å². The van der Waals surface area contributed by atoms with Gasteiger partial charge in [0.05, 0.1) is 0 Å². The number of benzene rings is 1. The highest BCUT2D eigenvalue weighted by molar-refractivity contribution is 7.63. The molecule has 1 aromatic carbocycles. The van der Waals surface area contributed by atoms with Crippen molar-refractivity contribution in [2.75, 3.05) is 6.16 Å². The predicted octanol–water partition coefficient (Wildman–Crippen LogP) is 6.06. The molecule has 0 aromatic heterocycles. The molecule has 1 nitrogen and oxygen atoms in total. The summed E-state index contributed by atoms with van der Waals surface area (Å²) >= 11 is 0. The van der Waals surface area contributed by atoms with E-state index in [0.29, 0.717) is 5.16 Å². The molecule has 1 unspecified atom stereocenters. The molecule has 0 bridgehead atoms. The molecule has 1 aromatic rings. The van der Waals surface area contributed by atoms with Gasteiger partial charge in [-0.15, -0.1) is 0 Å². The fourth-order valence-corrected chi connectivity index (χ4v) is 5.26. The molecular weight excluding hydrogens is 291 g/mol. The average Bonchev–Trinajstić information content (AvgIpc) is 2.36. The minimum Gasteiger partial charge on any atom is -0.544 e. The van der Waals surface area contributed by atoms with E-state index in [4.69, 9.17) is 4.43 Å². The maximum Gasteiger partial charge on any atom is 0.242 e. The molecule has 0 spiro atoms. The Morgan fingerprint density at radius 2 is 1.67 bits per heavy atom. The first kappa shape index (κ1) is 16.5. The van der Waals surface area contributed by atoms with Crippen molar-refractivity contribution in [1.29, 1.82) is 0 Å². The normalized spacial score (nSPS) is 19.8. The molecule has 0 saturated carbocycles. The van der Waals surface area contributed by atoms with Gasteiger partial charge in [0.2, 0.25) is 8.32 Å². The molecular formula is C18H27OPSi. The van der Waals surface area contributed by atoms with E-state index in [-0.39, 0.29) is 7.92 Å². The summed E-state index contributed by atoms with van der Waals surface area (Å²) in [6.07, 6.45) is 3.42. The van der Waals surface area contributed by atoms with Crippen LogP contribution in [0.4, 0.5) is 0 Å². The van der Waals surface area contributed by atoms with Gasteiger partial charge in [0.25, 0.3) is 0 Å². The zero-order valence-electron chi connectivity index (χ0n) is 14.1. The molecule has 1 heterocycles. The Labute approximate surface area is 132 Å². The van der Waals surface area contributed by atoms with E-state index in [1.54, 1.807) is 0 Å². The molecule has 0 amide bonds. The van der Waals surface area contributed by atoms with Crippen LogP contribution in [0.25, 0.3) is 5.57 Å². The van der Waals surface area contributed by atoms with Gasteiger partial charge >= 0.3 is 0 Å². The Kier molecular flexibility index (Phi) is 4.80. The highest BCUT2D eigenvalue weighted by atomic mass is 31.1. The van der Waals surface area contributed by atoms with Crippen LogP contribution in [0.5, 0.6) is 0 Å². The number of hydrogen-bond acceptors (Lipinski definition) is 1. The lowest BCUT2D eigenvalue weighted by atomic mass is 10.1. The average molecular weight is 318 g/mol. The number of hydrogen-bond donors (Lipinski definition) is 0. The minimum atomic E-state index is -1.57. The lowest BCUT2D eigenvalue weighted by molar-refractivity contribution is 0.442. The second-order valence-electron chi connectivity index (χ2n) is 7.58.